The van der Waals surface area contributed by atoms with Crippen molar-refractivity contribution in [2.75, 3.05) is 6.61 Å². The molecule has 1 aliphatic carbocycles. The standard InChI is InChI=1S/C12H13ClF2O2/c1-2-16-12-10(13)6-11(12)17-9-4-7(14)3-8(15)5-9/h3-5,10-12H,2,6H2,1H3. The van der Waals surface area contributed by atoms with Crippen LogP contribution in [0.25, 0.3) is 0 Å². The lowest BCUT2D eigenvalue weighted by atomic mass is 9.91. The van der Waals surface area contributed by atoms with Gasteiger partial charge in [0, 0.05) is 31.2 Å². The Bertz CT molecular complexity index is 380. The summed E-state index contributed by atoms with van der Waals surface area (Å²) in [5.41, 5.74) is 0. The van der Waals surface area contributed by atoms with Gasteiger partial charge in [0.2, 0.25) is 0 Å². The second-order valence-electron chi connectivity index (χ2n) is 3.93. The molecule has 1 fully saturated rings. The van der Waals surface area contributed by atoms with Gasteiger partial charge in [-0.15, -0.1) is 11.6 Å². The Balaban J connectivity index is 2.01. The van der Waals surface area contributed by atoms with E-state index in [0.717, 1.165) is 18.2 Å². The van der Waals surface area contributed by atoms with Crippen LogP contribution in [0.4, 0.5) is 8.78 Å². The zero-order valence-electron chi connectivity index (χ0n) is 9.33. The van der Waals surface area contributed by atoms with Crippen LogP contribution in [0.1, 0.15) is 13.3 Å². The Labute approximate surface area is 103 Å². The zero-order valence-corrected chi connectivity index (χ0v) is 10.1. The quantitative estimate of drug-likeness (QED) is 0.776. The predicted octanol–water partition coefficient (Wildman–Crippen LogP) is 3.13. The predicted molar refractivity (Wildman–Crippen MR) is 60.4 cm³/mol. The fraction of sp³-hybridized carbons (Fsp3) is 0.500. The summed E-state index contributed by atoms with van der Waals surface area (Å²) in [5.74, 6) is -1.15. The van der Waals surface area contributed by atoms with Crippen molar-refractivity contribution in [2.45, 2.75) is 30.9 Å². The molecule has 0 N–H and O–H groups in total. The maximum Gasteiger partial charge on any atom is 0.129 e. The van der Waals surface area contributed by atoms with Crippen molar-refractivity contribution in [3.8, 4) is 5.75 Å². The topological polar surface area (TPSA) is 18.5 Å². The SMILES string of the molecule is CCOC1C(Cl)CC1Oc1cc(F)cc(F)c1. The van der Waals surface area contributed by atoms with Gasteiger partial charge in [0.15, 0.2) is 0 Å². The Morgan fingerprint density at radius 1 is 1.29 bits per heavy atom. The van der Waals surface area contributed by atoms with E-state index >= 15 is 0 Å². The first-order valence-corrected chi connectivity index (χ1v) is 5.92. The molecule has 3 unspecified atom stereocenters. The lowest BCUT2D eigenvalue weighted by Crippen LogP contribution is -2.52. The molecule has 0 bridgehead atoms. The molecule has 1 saturated carbocycles. The van der Waals surface area contributed by atoms with E-state index in [4.69, 9.17) is 21.1 Å². The van der Waals surface area contributed by atoms with Crippen LogP contribution in [0.3, 0.4) is 0 Å². The number of halogens is 3. The number of ether oxygens (including phenoxy) is 2. The van der Waals surface area contributed by atoms with Crippen LogP contribution in [0.2, 0.25) is 0 Å². The molecule has 1 aromatic rings. The van der Waals surface area contributed by atoms with Crippen molar-refractivity contribution >= 4 is 11.6 Å². The molecule has 0 aliphatic heterocycles. The Hall–Kier alpha value is -0.870. The van der Waals surface area contributed by atoms with Gasteiger partial charge in [-0.05, 0) is 6.92 Å². The van der Waals surface area contributed by atoms with Crippen LogP contribution in [0, 0.1) is 11.6 Å². The summed E-state index contributed by atoms with van der Waals surface area (Å²) in [6.07, 6.45) is 0.163. The van der Waals surface area contributed by atoms with Crippen molar-refractivity contribution in [1.82, 2.24) is 0 Å². The molecule has 0 aromatic heterocycles. The van der Waals surface area contributed by atoms with Crippen LogP contribution in [-0.4, -0.2) is 24.2 Å². The molecule has 2 rings (SSSR count). The molecule has 5 heteroatoms. The molecule has 94 valence electrons. The molecule has 0 spiro atoms. The third-order valence-corrected chi connectivity index (χ3v) is 3.09. The lowest BCUT2D eigenvalue weighted by Gasteiger charge is -2.40. The van der Waals surface area contributed by atoms with Gasteiger partial charge in [-0.25, -0.2) is 8.78 Å². The molecule has 1 aromatic carbocycles. The van der Waals surface area contributed by atoms with Gasteiger partial charge in [-0.3, -0.25) is 0 Å². The van der Waals surface area contributed by atoms with Crippen molar-refractivity contribution in [2.24, 2.45) is 0 Å². The van der Waals surface area contributed by atoms with E-state index in [0.29, 0.717) is 13.0 Å². The van der Waals surface area contributed by atoms with Gasteiger partial charge >= 0.3 is 0 Å². The average molecular weight is 263 g/mol. The molecular weight excluding hydrogens is 250 g/mol. The molecule has 3 atom stereocenters. The normalized spacial score (nSPS) is 27.6. The minimum atomic E-state index is -0.658. The molecule has 0 radical (unpaired) electrons. The van der Waals surface area contributed by atoms with Crippen LogP contribution >= 0.6 is 11.6 Å². The summed E-state index contributed by atoms with van der Waals surface area (Å²) < 4.78 is 36.7. The Kier molecular flexibility index (Phi) is 3.84. The first kappa shape index (κ1) is 12.6. The van der Waals surface area contributed by atoms with Crippen LogP contribution in [-0.2, 0) is 4.74 Å². The monoisotopic (exact) mass is 262 g/mol. The highest BCUT2D eigenvalue weighted by Gasteiger charge is 2.42. The van der Waals surface area contributed by atoms with E-state index in [1.807, 2.05) is 6.92 Å². The summed E-state index contributed by atoms with van der Waals surface area (Å²) in [5, 5.41) is -0.0987. The summed E-state index contributed by atoms with van der Waals surface area (Å²) in [4.78, 5) is 0. The van der Waals surface area contributed by atoms with Crippen LogP contribution < -0.4 is 4.74 Å². The second-order valence-corrected chi connectivity index (χ2v) is 4.49. The number of hydrogen-bond acceptors (Lipinski definition) is 2. The first-order chi connectivity index (χ1) is 8.10. The number of benzene rings is 1. The van der Waals surface area contributed by atoms with Crippen molar-refractivity contribution < 1.29 is 18.3 Å². The highest BCUT2D eigenvalue weighted by molar-refractivity contribution is 6.21. The molecular formula is C12H13ClF2O2. The third kappa shape index (κ3) is 2.87. The van der Waals surface area contributed by atoms with E-state index in [2.05, 4.69) is 0 Å². The molecule has 2 nitrogen and oxygen atoms in total. The van der Waals surface area contributed by atoms with Crippen molar-refractivity contribution in [3.05, 3.63) is 29.8 Å². The molecule has 1 aliphatic rings. The van der Waals surface area contributed by atoms with Gasteiger partial charge in [0.05, 0.1) is 5.38 Å². The summed E-state index contributed by atoms with van der Waals surface area (Å²) in [6.45, 7) is 2.39. The highest BCUT2D eigenvalue weighted by atomic mass is 35.5. The number of hydrogen-bond donors (Lipinski definition) is 0. The van der Waals surface area contributed by atoms with Gasteiger partial charge in [0.1, 0.15) is 29.6 Å². The van der Waals surface area contributed by atoms with Gasteiger partial charge in [-0.1, -0.05) is 0 Å². The average Bonchev–Trinajstić information content (AvgIpc) is 2.24. The molecule has 17 heavy (non-hydrogen) atoms. The molecule has 0 amide bonds. The van der Waals surface area contributed by atoms with Gasteiger partial charge in [-0.2, -0.15) is 0 Å². The summed E-state index contributed by atoms with van der Waals surface area (Å²) in [7, 11) is 0. The van der Waals surface area contributed by atoms with Gasteiger partial charge in [0.25, 0.3) is 0 Å². The first-order valence-electron chi connectivity index (χ1n) is 5.48. The van der Waals surface area contributed by atoms with E-state index in [1.54, 1.807) is 0 Å². The Morgan fingerprint density at radius 2 is 1.94 bits per heavy atom. The minimum absolute atomic E-state index is 0.0987. The fourth-order valence-electron chi connectivity index (χ4n) is 1.82. The van der Waals surface area contributed by atoms with E-state index in [-0.39, 0.29) is 23.3 Å². The zero-order chi connectivity index (χ0) is 12.4. The second kappa shape index (κ2) is 5.19. The van der Waals surface area contributed by atoms with Crippen molar-refractivity contribution in [3.63, 3.8) is 0 Å². The lowest BCUT2D eigenvalue weighted by molar-refractivity contribution is -0.0761. The van der Waals surface area contributed by atoms with Crippen molar-refractivity contribution in [1.29, 1.82) is 0 Å². The van der Waals surface area contributed by atoms with E-state index < -0.39 is 11.6 Å². The maximum atomic E-state index is 12.9. The van der Waals surface area contributed by atoms with Gasteiger partial charge < -0.3 is 9.47 Å². The fourth-order valence-corrected chi connectivity index (χ4v) is 2.23. The van der Waals surface area contributed by atoms with Crippen LogP contribution in [0.15, 0.2) is 18.2 Å². The van der Waals surface area contributed by atoms with E-state index in [9.17, 15) is 8.78 Å². The summed E-state index contributed by atoms with van der Waals surface area (Å²) >= 11 is 5.96. The minimum Gasteiger partial charge on any atom is -0.487 e. The number of alkyl halides is 1. The highest BCUT2D eigenvalue weighted by Crippen LogP contribution is 2.33. The van der Waals surface area contributed by atoms with E-state index in [1.165, 1.54) is 0 Å². The number of rotatable bonds is 4. The smallest absolute Gasteiger partial charge is 0.129 e. The molecule has 0 saturated heterocycles. The Morgan fingerprint density at radius 3 is 2.47 bits per heavy atom. The molecule has 0 heterocycles. The maximum absolute atomic E-state index is 12.9. The summed E-state index contributed by atoms with van der Waals surface area (Å²) in [6, 6.07) is 3.10. The van der Waals surface area contributed by atoms with Crippen LogP contribution in [0.5, 0.6) is 5.75 Å². The largest absolute Gasteiger partial charge is 0.487 e. The third-order valence-electron chi connectivity index (χ3n) is 2.66.